The minimum Gasteiger partial charge on any atom is -0.300 e. The smallest absolute Gasteiger partial charge is 0.184 e. The fourth-order valence-corrected chi connectivity index (χ4v) is 0.624. The van der Waals surface area contributed by atoms with Crippen molar-refractivity contribution in [3.8, 4) is 0 Å². The lowest BCUT2D eigenvalue weighted by molar-refractivity contribution is -0.108. The third-order valence-corrected chi connectivity index (χ3v) is 1.11. The molecule has 0 radical (unpaired) electrons. The summed E-state index contributed by atoms with van der Waals surface area (Å²) < 4.78 is 1.47. The van der Waals surface area contributed by atoms with E-state index in [1.807, 2.05) is 0 Å². The summed E-state index contributed by atoms with van der Waals surface area (Å²) in [7, 11) is 0. The van der Waals surface area contributed by atoms with E-state index < -0.39 is 0 Å². The molecule has 2 rings (SSSR count). The molecule has 8 heavy (non-hydrogen) atoms. The Morgan fingerprint density at radius 3 is 3.00 bits per heavy atom. The maximum atomic E-state index is 9.96. The molecule has 0 saturated heterocycles. The second-order valence-electron chi connectivity index (χ2n) is 1.56. The Bertz CT molecular complexity index is 210. The number of fused-ring (bicyclic) bond motifs is 1. The summed E-state index contributed by atoms with van der Waals surface area (Å²) in [4.78, 5) is 9.96. The number of carbonyl (C=O) groups excluding carboxylic acids is 1. The molecule has 0 aromatic carbocycles. The van der Waals surface area contributed by atoms with E-state index in [0.29, 0.717) is 5.82 Å². The molecule has 40 valence electrons. The third-order valence-electron chi connectivity index (χ3n) is 1.11. The topological polar surface area (TPSA) is 60.7 Å². The summed E-state index contributed by atoms with van der Waals surface area (Å²) >= 11 is 0. The molecule has 1 aromatic rings. The van der Waals surface area contributed by atoms with Gasteiger partial charge in [0.25, 0.3) is 0 Å². The first-order valence-corrected chi connectivity index (χ1v) is 2.16. The molecule has 1 atom stereocenters. The Hall–Kier alpha value is -1.26. The van der Waals surface area contributed by atoms with Gasteiger partial charge < -0.3 is 4.79 Å². The zero-order chi connectivity index (χ0) is 5.56. The standard InChI is InChI=1S/C3H2N4O/c8-1-2-3-4-5-6-7(2)3/h1-2H. The Kier molecular flexibility index (Phi) is 0.434. The molecule has 0 amide bonds. The first-order chi connectivity index (χ1) is 3.93. The average Bonchev–Trinajstić information content (AvgIpc) is 2.22. The highest BCUT2D eigenvalue weighted by Crippen LogP contribution is 2.25. The summed E-state index contributed by atoms with van der Waals surface area (Å²) in [6.07, 6.45) is 0.789. The van der Waals surface area contributed by atoms with Crippen LogP contribution in [0, 0.1) is 0 Å². The van der Waals surface area contributed by atoms with Crippen LogP contribution < -0.4 is 0 Å². The molecule has 0 bridgehead atoms. The number of nitrogens with zero attached hydrogens (tertiary/aromatic N) is 4. The van der Waals surface area contributed by atoms with E-state index in [9.17, 15) is 4.79 Å². The highest BCUT2D eigenvalue weighted by Gasteiger charge is 2.36. The fraction of sp³-hybridized carbons (Fsp3) is 0.333. The zero-order valence-corrected chi connectivity index (χ0v) is 3.85. The van der Waals surface area contributed by atoms with E-state index in [2.05, 4.69) is 15.5 Å². The Morgan fingerprint density at radius 1 is 1.75 bits per heavy atom. The highest BCUT2D eigenvalue weighted by atomic mass is 16.1. The molecular weight excluding hydrogens is 108 g/mol. The molecular formula is C3H2N4O. The lowest BCUT2D eigenvalue weighted by Crippen LogP contribution is -1.89. The lowest BCUT2D eigenvalue weighted by Gasteiger charge is -1.71. The summed E-state index contributed by atoms with van der Waals surface area (Å²) in [5.74, 6) is 0.667. The van der Waals surface area contributed by atoms with Crippen LogP contribution in [-0.4, -0.2) is 26.5 Å². The van der Waals surface area contributed by atoms with E-state index in [4.69, 9.17) is 0 Å². The molecule has 0 spiro atoms. The minimum atomic E-state index is -0.188. The van der Waals surface area contributed by atoms with Crippen molar-refractivity contribution in [2.45, 2.75) is 6.04 Å². The molecule has 1 aliphatic rings. The van der Waals surface area contributed by atoms with E-state index in [0.717, 1.165) is 6.29 Å². The van der Waals surface area contributed by atoms with Crippen molar-refractivity contribution in [2.24, 2.45) is 0 Å². The van der Waals surface area contributed by atoms with Gasteiger partial charge in [0.05, 0.1) is 0 Å². The number of carbonyl (C=O) groups is 1. The number of tetrazole rings is 1. The van der Waals surface area contributed by atoms with Crippen LogP contribution in [0.1, 0.15) is 11.9 Å². The van der Waals surface area contributed by atoms with E-state index in [1.54, 1.807) is 0 Å². The van der Waals surface area contributed by atoms with E-state index in [1.165, 1.54) is 4.68 Å². The number of aldehydes is 1. The van der Waals surface area contributed by atoms with Crippen LogP contribution in [0.25, 0.3) is 0 Å². The first-order valence-electron chi connectivity index (χ1n) is 2.16. The molecule has 5 nitrogen and oxygen atoms in total. The minimum absolute atomic E-state index is 0.188. The van der Waals surface area contributed by atoms with Crippen molar-refractivity contribution in [1.29, 1.82) is 0 Å². The lowest BCUT2D eigenvalue weighted by atomic mass is 10.5. The van der Waals surface area contributed by atoms with Gasteiger partial charge in [-0.15, -0.1) is 5.10 Å². The molecule has 0 N–H and O–H groups in total. The first kappa shape index (κ1) is 3.71. The van der Waals surface area contributed by atoms with E-state index in [-0.39, 0.29) is 6.04 Å². The van der Waals surface area contributed by atoms with Crippen LogP contribution in [-0.2, 0) is 4.79 Å². The summed E-state index contributed by atoms with van der Waals surface area (Å²) in [6.45, 7) is 0. The van der Waals surface area contributed by atoms with Gasteiger partial charge in [0.1, 0.15) is 0 Å². The van der Waals surface area contributed by atoms with Crippen molar-refractivity contribution in [3.05, 3.63) is 5.82 Å². The van der Waals surface area contributed by atoms with Gasteiger partial charge >= 0.3 is 0 Å². The predicted molar refractivity (Wildman–Crippen MR) is 22.0 cm³/mol. The maximum Gasteiger partial charge on any atom is 0.184 e. The highest BCUT2D eigenvalue weighted by molar-refractivity contribution is 5.64. The molecule has 1 aliphatic heterocycles. The van der Waals surface area contributed by atoms with Gasteiger partial charge in [-0.3, -0.25) is 0 Å². The Labute approximate surface area is 44.3 Å². The van der Waals surface area contributed by atoms with Crippen LogP contribution in [0.4, 0.5) is 0 Å². The quantitative estimate of drug-likeness (QED) is 0.425. The number of rotatable bonds is 1. The molecule has 1 aromatic heterocycles. The van der Waals surface area contributed by atoms with Gasteiger partial charge in [-0.25, -0.2) is 4.68 Å². The van der Waals surface area contributed by atoms with Crippen molar-refractivity contribution in [3.63, 3.8) is 0 Å². The average molecular weight is 110 g/mol. The van der Waals surface area contributed by atoms with Gasteiger partial charge in [-0.2, -0.15) is 0 Å². The van der Waals surface area contributed by atoms with Crippen molar-refractivity contribution in [2.75, 3.05) is 0 Å². The number of hydrogen-bond donors (Lipinski definition) is 0. The van der Waals surface area contributed by atoms with Crippen LogP contribution in [0.15, 0.2) is 0 Å². The van der Waals surface area contributed by atoms with Crippen molar-refractivity contribution >= 4 is 6.29 Å². The van der Waals surface area contributed by atoms with Crippen LogP contribution in [0.5, 0.6) is 0 Å². The fourth-order valence-electron chi connectivity index (χ4n) is 0.624. The number of aromatic nitrogens is 4. The molecule has 0 saturated carbocycles. The van der Waals surface area contributed by atoms with Gasteiger partial charge in [-0.05, 0) is 10.4 Å². The van der Waals surface area contributed by atoms with Gasteiger partial charge in [0.2, 0.25) is 0 Å². The third kappa shape index (κ3) is 0.237. The Balaban J connectivity index is 2.42. The maximum absolute atomic E-state index is 9.96. The molecule has 0 fully saturated rings. The molecule has 5 heteroatoms. The normalized spacial score (nSPS) is 22.2. The Morgan fingerprint density at radius 2 is 2.62 bits per heavy atom. The molecule has 0 aliphatic carbocycles. The number of hydrogen-bond acceptors (Lipinski definition) is 4. The SMILES string of the molecule is O=CC1c2nnnn21. The predicted octanol–water partition coefficient (Wildman–Crippen LogP) is -1.23. The van der Waals surface area contributed by atoms with Crippen molar-refractivity contribution < 1.29 is 4.79 Å². The van der Waals surface area contributed by atoms with Crippen LogP contribution >= 0.6 is 0 Å². The molecule has 1 unspecified atom stereocenters. The van der Waals surface area contributed by atoms with E-state index >= 15 is 0 Å². The van der Waals surface area contributed by atoms with Gasteiger partial charge in [0.15, 0.2) is 18.2 Å². The summed E-state index contributed by atoms with van der Waals surface area (Å²) in [5, 5.41) is 10.3. The molecule has 2 heterocycles. The monoisotopic (exact) mass is 110 g/mol. The summed E-state index contributed by atoms with van der Waals surface area (Å²) in [6, 6.07) is -0.188. The van der Waals surface area contributed by atoms with Gasteiger partial charge in [-0.1, -0.05) is 0 Å². The summed E-state index contributed by atoms with van der Waals surface area (Å²) in [5.41, 5.74) is 0. The van der Waals surface area contributed by atoms with Gasteiger partial charge in [0, 0.05) is 0 Å². The second-order valence-corrected chi connectivity index (χ2v) is 1.56. The zero-order valence-electron chi connectivity index (χ0n) is 3.85. The van der Waals surface area contributed by atoms with Crippen LogP contribution in [0.3, 0.4) is 0 Å². The largest absolute Gasteiger partial charge is 0.300 e. The van der Waals surface area contributed by atoms with Crippen molar-refractivity contribution in [1.82, 2.24) is 20.2 Å². The van der Waals surface area contributed by atoms with Crippen LogP contribution in [0.2, 0.25) is 0 Å². The second kappa shape index (κ2) is 0.936.